The summed E-state index contributed by atoms with van der Waals surface area (Å²) in [4.78, 5) is 0. The molecule has 0 heterocycles. The van der Waals surface area contributed by atoms with E-state index in [0.717, 1.165) is 24.3 Å². The van der Waals surface area contributed by atoms with E-state index in [-0.39, 0.29) is 69.3 Å². The van der Waals surface area contributed by atoms with Gasteiger partial charge in [-0.05, 0) is 0 Å². The van der Waals surface area contributed by atoms with E-state index in [1.54, 1.807) is 0 Å². The normalized spacial score (nSPS) is 9.62. The molecule has 7 heteroatoms. The maximum absolute atomic E-state index is 10.5. The van der Waals surface area contributed by atoms with E-state index in [4.69, 9.17) is 0 Å². The molecular formula is C6H4Na2O4Se. The number of hydrogen-bond donors (Lipinski definition) is 0. The topological polar surface area (TPSA) is 80.3 Å². The molecule has 0 saturated carbocycles. The number of benzene rings is 1. The summed E-state index contributed by atoms with van der Waals surface area (Å²) in [5.74, 6) is -0.310. The second-order valence-corrected chi connectivity index (χ2v) is 4.82. The van der Waals surface area contributed by atoms with Crippen molar-refractivity contribution in [1.29, 1.82) is 0 Å². The standard InChI is InChI=1S/C6H6O4Se.2Na/c7-5-1-3-6(4-2-5)11(8,9)10;;/h1-4,7H,(H,8,9,10);;/q;2*+1/p-2. The summed E-state index contributed by atoms with van der Waals surface area (Å²) < 4.78 is 30.8. The van der Waals surface area contributed by atoms with Gasteiger partial charge < -0.3 is 0 Å². The molecule has 4 nitrogen and oxygen atoms in total. The van der Waals surface area contributed by atoms with Gasteiger partial charge in [0.1, 0.15) is 0 Å². The molecule has 0 saturated heterocycles. The van der Waals surface area contributed by atoms with Crippen LogP contribution in [0.3, 0.4) is 0 Å². The molecule has 0 spiro atoms. The maximum atomic E-state index is 10.5. The van der Waals surface area contributed by atoms with Gasteiger partial charge in [-0.2, -0.15) is 0 Å². The third-order valence-corrected chi connectivity index (χ3v) is 2.89. The minimum absolute atomic E-state index is 0. The van der Waals surface area contributed by atoms with E-state index in [1.807, 2.05) is 0 Å². The first kappa shape index (κ1) is 16.5. The summed E-state index contributed by atoms with van der Waals surface area (Å²) in [6, 6.07) is 4.15. The first-order valence-electron chi connectivity index (χ1n) is 2.73. The van der Waals surface area contributed by atoms with Gasteiger partial charge in [0.2, 0.25) is 0 Å². The predicted octanol–water partition coefficient (Wildman–Crippen LogP) is -7.86. The summed E-state index contributed by atoms with van der Waals surface area (Å²) >= 11 is -5.11. The average Bonchev–Trinajstić information content (AvgIpc) is 1.86. The Balaban J connectivity index is 0. The first-order valence-corrected chi connectivity index (χ1v) is 5.68. The molecule has 0 fully saturated rings. The van der Waals surface area contributed by atoms with Gasteiger partial charge >= 0.3 is 124 Å². The maximum Gasteiger partial charge on any atom is 1.00 e. The van der Waals surface area contributed by atoms with Crippen molar-refractivity contribution < 1.29 is 76.1 Å². The van der Waals surface area contributed by atoms with Gasteiger partial charge in [-0.1, -0.05) is 0 Å². The molecule has 0 unspecified atom stereocenters. The van der Waals surface area contributed by atoms with E-state index in [0.29, 0.717) is 0 Å². The zero-order valence-corrected chi connectivity index (χ0v) is 13.1. The third kappa shape index (κ3) is 5.52. The molecule has 13 heavy (non-hydrogen) atoms. The minimum Gasteiger partial charge on any atom is 1.00 e. The van der Waals surface area contributed by atoms with Crippen molar-refractivity contribution in [3.05, 3.63) is 24.3 Å². The van der Waals surface area contributed by atoms with Crippen molar-refractivity contribution in [2.45, 2.75) is 0 Å². The summed E-state index contributed by atoms with van der Waals surface area (Å²) in [6.07, 6.45) is 0. The smallest absolute Gasteiger partial charge is 1.00 e. The zero-order chi connectivity index (χ0) is 8.48. The van der Waals surface area contributed by atoms with Gasteiger partial charge in [-0.15, -0.1) is 0 Å². The van der Waals surface area contributed by atoms with Crippen LogP contribution in [-0.4, -0.2) is 13.0 Å². The van der Waals surface area contributed by atoms with Crippen molar-refractivity contribution in [3.63, 3.8) is 0 Å². The molecule has 0 aliphatic heterocycles. The van der Waals surface area contributed by atoms with Crippen molar-refractivity contribution in [1.82, 2.24) is 0 Å². The monoisotopic (exact) mass is 266 g/mol. The molecule has 0 radical (unpaired) electrons. The van der Waals surface area contributed by atoms with Crippen LogP contribution < -0.4 is 72.9 Å². The molecule has 1 aromatic carbocycles. The Labute approximate surface area is 122 Å². The van der Waals surface area contributed by atoms with Gasteiger partial charge in [-0.25, -0.2) is 0 Å². The van der Waals surface area contributed by atoms with Crippen LogP contribution in [0.15, 0.2) is 24.3 Å². The predicted molar refractivity (Wildman–Crippen MR) is 32.6 cm³/mol. The second-order valence-electron chi connectivity index (χ2n) is 1.93. The van der Waals surface area contributed by atoms with Crippen LogP contribution in [0, 0.1) is 0 Å². The quantitative estimate of drug-likeness (QED) is 0.472. The molecule has 60 valence electrons. The van der Waals surface area contributed by atoms with Gasteiger partial charge in [0, 0.05) is 0 Å². The van der Waals surface area contributed by atoms with Crippen molar-refractivity contribution in [2.75, 3.05) is 0 Å². The molecule has 1 aromatic rings. The van der Waals surface area contributed by atoms with E-state index in [1.165, 1.54) is 0 Å². The SMILES string of the molecule is O=[Se](=O)([O-])c1ccc([O-])cc1.[Na+].[Na+]. The van der Waals surface area contributed by atoms with Gasteiger partial charge in [0.05, 0.1) is 0 Å². The fourth-order valence-electron chi connectivity index (χ4n) is 0.606. The summed E-state index contributed by atoms with van der Waals surface area (Å²) in [6.45, 7) is 0. The van der Waals surface area contributed by atoms with E-state index in [2.05, 4.69) is 0 Å². The Morgan fingerprint density at radius 2 is 1.38 bits per heavy atom. The molecule has 0 aliphatic rings. The van der Waals surface area contributed by atoms with Crippen LogP contribution in [0.25, 0.3) is 0 Å². The van der Waals surface area contributed by atoms with Gasteiger partial charge in [-0.3, -0.25) is 0 Å². The molecule has 0 amide bonds. The van der Waals surface area contributed by atoms with Gasteiger partial charge in [0.15, 0.2) is 0 Å². The zero-order valence-electron chi connectivity index (χ0n) is 7.35. The van der Waals surface area contributed by atoms with Crippen molar-refractivity contribution >= 4 is 17.5 Å². The van der Waals surface area contributed by atoms with E-state index < -0.39 is 13.0 Å². The summed E-state index contributed by atoms with van der Waals surface area (Å²) in [7, 11) is 0. The summed E-state index contributed by atoms with van der Waals surface area (Å²) in [5.41, 5.74) is 0. The Morgan fingerprint density at radius 3 is 1.69 bits per heavy atom. The Bertz CT molecular complexity index is 345. The molecule has 0 atom stereocenters. The second kappa shape index (κ2) is 6.56. The molecule has 0 aliphatic carbocycles. The van der Waals surface area contributed by atoms with Crippen LogP contribution in [0.1, 0.15) is 0 Å². The minimum atomic E-state index is -5.11. The van der Waals surface area contributed by atoms with Crippen molar-refractivity contribution in [2.24, 2.45) is 0 Å². The Hall–Kier alpha value is 1.10. The Kier molecular flexibility index (Phi) is 8.34. The number of hydrogen-bond acceptors (Lipinski definition) is 4. The molecule has 1 rings (SSSR count). The van der Waals surface area contributed by atoms with Crippen LogP contribution in [0.2, 0.25) is 0 Å². The molecule has 0 N–H and O–H groups in total. The van der Waals surface area contributed by atoms with Crippen LogP contribution in [0.5, 0.6) is 5.75 Å². The van der Waals surface area contributed by atoms with Crippen LogP contribution in [0.4, 0.5) is 0 Å². The van der Waals surface area contributed by atoms with Crippen LogP contribution in [-0.2, 0) is 7.67 Å². The van der Waals surface area contributed by atoms with E-state index >= 15 is 0 Å². The fraction of sp³-hybridized carbons (Fsp3) is 0. The van der Waals surface area contributed by atoms with E-state index in [9.17, 15) is 17.0 Å². The average molecular weight is 265 g/mol. The molecular weight excluding hydrogens is 261 g/mol. The molecule has 0 aromatic heterocycles. The largest absolute Gasteiger partial charge is 1.00 e. The summed E-state index contributed by atoms with van der Waals surface area (Å²) in [5, 5.41) is 10.5. The fourth-order valence-corrected chi connectivity index (χ4v) is 1.59. The van der Waals surface area contributed by atoms with Crippen LogP contribution >= 0.6 is 0 Å². The first-order chi connectivity index (χ1) is 5.00. The third-order valence-electron chi connectivity index (χ3n) is 1.11. The van der Waals surface area contributed by atoms with Gasteiger partial charge in [0.25, 0.3) is 0 Å². The molecule has 0 bridgehead atoms. The number of rotatable bonds is 1. The van der Waals surface area contributed by atoms with Crippen molar-refractivity contribution in [3.8, 4) is 5.75 Å². The Morgan fingerprint density at radius 1 is 1.00 bits per heavy atom.